The van der Waals surface area contributed by atoms with Gasteiger partial charge in [-0.25, -0.2) is 4.39 Å². The molecule has 0 unspecified atom stereocenters. The summed E-state index contributed by atoms with van der Waals surface area (Å²) in [6.45, 7) is 1.70. The van der Waals surface area contributed by atoms with Gasteiger partial charge in [-0.05, 0) is 31.0 Å². The maximum atomic E-state index is 13.8. The Balaban J connectivity index is 1.63. The maximum Gasteiger partial charge on any atom is 0.223 e. The van der Waals surface area contributed by atoms with Gasteiger partial charge < -0.3 is 10.4 Å². The Bertz CT molecular complexity index is 565. The van der Waals surface area contributed by atoms with Gasteiger partial charge in [-0.3, -0.25) is 9.69 Å². The molecule has 0 bridgehead atoms. The number of halogens is 2. The summed E-state index contributed by atoms with van der Waals surface area (Å²) in [5.41, 5.74) is 0.540. The highest BCUT2D eigenvalue weighted by molar-refractivity contribution is 6.30. The third kappa shape index (κ3) is 3.59. The van der Waals surface area contributed by atoms with Gasteiger partial charge in [0.25, 0.3) is 0 Å². The van der Waals surface area contributed by atoms with Crippen LogP contribution in [0.5, 0.6) is 0 Å². The minimum Gasteiger partial charge on any atom is -0.396 e. The molecule has 1 aliphatic heterocycles. The Labute approximate surface area is 134 Å². The summed E-state index contributed by atoms with van der Waals surface area (Å²) in [7, 11) is 0. The summed E-state index contributed by atoms with van der Waals surface area (Å²) in [5.74, 6) is -0.0571. The number of aliphatic hydroxyl groups excluding tert-OH is 1. The van der Waals surface area contributed by atoms with Crippen molar-refractivity contribution in [3.8, 4) is 0 Å². The summed E-state index contributed by atoms with van der Waals surface area (Å²) in [6.07, 6.45) is 1.92. The van der Waals surface area contributed by atoms with Gasteiger partial charge in [0.05, 0.1) is 0 Å². The molecule has 120 valence electrons. The van der Waals surface area contributed by atoms with E-state index in [0.717, 1.165) is 12.8 Å². The smallest absolute Gasteiger partial charge is 0.223 e. The van der Waals surface area contributed by atoms with Crippen molar-refractivity contribution in [1.82, 2.24) is 10.2 Å². The van der Waals surface area contributed by atoms with Gasteiger partial charge in [0, 0.05) is 54.7 Å². The zero-order valence-corrected chi connectivity index (χ0v) is 13.0. The quantitative estimate of drug-likeness (QED) is 0.867. The number of amides is 1. The molecule has 1 heterocycles. The number of nitrogens with zero attached hydrogens (tertiary/aromatic N) is 1. The molecule has 6 heteroatoms. The van der Waals surface area contributed by atoms with E-state index >= 15 is 0 Å². The Morgan fingerprint density at radius 1 is 1.41 bits per heavy atom. The van der Waals surface area contributed by atoms with Crippen LogP contribution in [0.2, 0.25) is 5.02 Å². The summed E-state index contributed by atoms with van der Waals surface area (Å²) in [4.78, 5) is 13.9. The van der Waals surface area contributed by atoms with Gasteiger partial charge in [0.1, 0.15) is 5.82 Å². The van der Waals surface area contributed by atoms with E-state index in [2.05, 4.69) is 5.32 Å². The monoisotopic (exact) mass is 326 g/mol. The largest absolute Gasteiger partial charge is 0.396 e. The lowest BCUT2D eigenvalue weighted by atomic mass is 10.1. The number of hydrogen-bond acceptors (Lipinski definition) is 3. The molecule has 1 aromatic rings. The van der Waals surface area contributed by atoms with E-state index in [4.69, 9.17) is 11.6 Å². The fourth-order valence-electron chi connectivity index (χ4n) is 2.99. The number of rotatable bonds is 5. The van der Waals surface area contributed by atoms with Gasteiger partial charge >= 0.3 is 0 Å². The van der Waals surface area contributed by atoms with E-state index in [1.165, 1.54) is 12.1 Å². The number of likely N-dealkylation sites (tertiary alicyclic amines) is 1. The second-order valence-corrected chi connectivity index (χ2v) is 6.70. The SMILES string of the molecule is O=C(N[C@@H]1CN(Cc2cc(Cl)ccc2F)C[C@H]1CO)C1CC1. The molecule has 1 aromatic carbocycles. The minimum atomic E-state index is -0.282. The zero-order valence-electron chi connectivity index (χ0n) is 12.3. The van der Waals surface area contributed by atoms with Crippen LogP contribution in [0.15, 0.2) is 18.2 Å². The summed E-state index contributed by atoms with van der Waals surface area (Å²) in [5, 5.41) is 13.0. The first-order valence-electron chi connectivity index (χ1n) is 7.64. The summed E-state index contributed by atoms with van der Waals surface area (Å²) >= 11 is 5.92. The fraction of sp³-hybridized carbons (Fsp3) is 0.562. The minimum absolute atomic E-state index is 0.00931. The highest BCUT2D eigenvalue weighted by Crippen LogP contribution is 2.30. The number of hydrogen-bond donors (Lipinski definition) is 2. The maximum absolute atomic E-state index is 13.8. The van der Waals surface area contributed by atoms with Crippen molar-refractivity contribution in [3.05, 3.63) is 34.6 Å². The molecular weight excluding hydrogens is 307 g/mol. The van der Waals surface area contributed by atoms with Crippen LogP contribution < -0.4 is 5.32 Å². The van der Waals surface area contributed by atoms with Crippen molar-refractivity contribution in [2.45, 2.75) is 25.4 Å². The molecule has 1 amide bonds. The average Bonchev–Trinajstić information content (AvgIpc) is 3.27. The molecule has 2 aliphatic rings. The summed E-state index contributed by atoms with van der Waals surface area (Å²) in [6, 6.07) is 4.45. The lowest BCUT2D eigenvalue weighted by molar-refractivity contribution is -0.123. The number of carbonyl (C=O) groups excluding carboxylic acids is 1. The van der Waals surface area contributed by atoms with Gasteiger partial charge in [0.2, 0.25) is 5.91 Å². The Morgan fingerprint density at radius 3 is 2.86 bits per heavy atom. The van der Waals surface area contributed by atoms with E-state index in [1.807, 2.05) is 4.90 Å². The second-order valence-electron chi connectivity index (χ2n) is 6.26. The third-order valence-electron chi connectivity index (χ3n) is 4.43. The van der Waals surface area contributed by atoms with Crippen molar-refractivity contribution >= 4 is 17.5 Å². The Kier molecular flexibility index (Phi) is 4.66. The Morgan fingerprint density at radius 2 is 2.18 bits per heavy atom. The highest BCUT2D eigenvalue weighted by atomic mass is 35.5. The molecule has 2 N–H and O–H groups in total. The predicted octanol–water partition coefficient (Wildman–Crippen LogP) is 1.80. The number of aliphatic hydroxyl groups is 1. The topological polar surface area (TPSA) is 52.6 Å². The second kappa shape index (κ2) is 6.52. The van der Waals surface area contributed by atoms with Crippen LogP contribution in [0.3, 0.4) is 0 Å². The van der Waals surface area contributed by atoms with Gasteiger partial charge in [0.15, 0.2) is 0 Å². The van der Waals surface area contributed by atoms with Crippen LogP contribution in [0.4, 0.5) is 4.39 Å². The lowest BCUT2D eigenvalue weighted by Crippen LogP contribution is -2.42. The zero-order chi connectivity index (χ0) is 15.7. The van der Waals surface area contributed by atoms with E-state index < -0.39 is 0 Å². The molecule has 1 saturated heterocycles. The molecule has 1 aliphatic carbocycles. The molecule has 0 aromatic heterocycles. The van der Waals surface area contributed by atoms with Crippen molar-refractivity contribution in [1.29, 1.82) is 0 Å². The van der Waals surface area contributed by atoms with Crippen LogP contribution in [0.1, 0.15) is 18.4 Å². The van der Waals surface area contributed by atoms with Crippen LogP contribution in [-0.2, 0) is 11.3 Å². The Hall–Kier alpha value is -1.17. The first kappa shape index (κ1) is 15.7. The summed E-state index contributed by atoms with van der Waals surface area (Å²) < 4.78 is 13.8. The molecule has 2 atom stereocenters. The molecule has 3 rings (SSSR count). The molecule has 1 saturated carbocycles. The number of benzene rings is 1. The van der Waals surface area contributed by atoms with E-state index in [0.29, 0.717) is 30.2 Å². The third-order valence-corrected chi connectivity index (χ3v) is 4.66. The normalized spacial score (nSPS) is 25.4. The molecule has 0 spiro atoms. The molecule has 4 nitrogen and oxygen atoms in total. The van der Waals surface area contributed by atoms with Crippen LogP contribution in [-0.4, -0.2) is 41.7 Å². The number of nitrogens with one attached hydrogen (secondary N) is 1. The van der Waals surface area contributed by atoms with E-state index in [-0.39, 0.29) is 36.2 Å². The average molecular weight is 327 g/mol. The van der Waals surface area contributed by atoms with Gasteiger partial charge in [-0.15, -0.1) is 0 Å². The van der Waals surface area contributed by atoms with Crippen molar-refractivity contribution < 1.29 is 14.3 Å². The highest BCUT2D eigenvalue weighted by Gasteiger charge is 2.37. The number of carbonyl (C=O) groups is 1. The standard InChI is InChI=1S/C16H20ClFN2O2/c17-13-3-4-14(18)11(5-13)6-20-7-12(9-21)15(8-20)19-16(22)10-1-2-10/h3-5,10,12,15,21H,1-2,6-9H2,(H,19,22)/t12-,15+/m0/s1. The van der Waals surface area contributed by atoms with Crippen molar-refractivity contribution in [2.24, 2.45) is 11.8 Å². The molecular formula is C16H20ClFN2O2. The van der Waals surface area contributed by atoms with E-state index in [1.54, 1.807) is 6.07 Å². The van der Waals surface area contributed by atoms with Crippen LogP contribution >= 0.6 is 11.6 Å². The van der Waals surface area contributed by atoms with Gasteiger partial charge in [-0.1, -0.05) is 11.6 Å². The lowest BCUT2D eigenvalue weighted by Gasteiger charge is -2.18. The first-order valence-corrected chi connectivity index (χ1v) is 8.02. The van der Waals surface area contributed by atoms with Gasteiger partial charge in [-0.2, -0.15) is 0 Å². The molecule has 2 fully saturated rings. The van der Waals surface area contributed by atoms with Crippen molar-refractivity contribution in [2.75, 3.05) is 19.7 Å². The predicted molar refractivity (Wildman–Crippen MR) is 81.9 cm³/mol. The fourth-order valence-corrected chi connectivity index (χ4v) is 3.18. The molecule has 0 radical (unpaired) electrons. The van der Waals surface area contributed by atoms with Crippen molar-refractivity contribution in [3.63, 3.8) is 0 Å². The molecule has 22 heavy (non-hydrogen) atoms. The van der Waals surface area contributed by atoms with Crippen LogP contribution in [0, 0.1) is 17.7 Å². The first-order chi connectivity index (χ1) is 10.6. The van der Waals surface area contributed by atoms with Crippen LogP contribution in [0.25, 0.3) is 0 Å². The van der Waals surface area contributed by atoms with E-state index in [9.17, 15) is 14.3 Å².